The number of carbonyl (C=O) groups is 1. The summed E-state index contributed by atoms with van der Waals surface area (Å²) in [6.07, 6.45) is 1.14. The fourth-order valence-electron chi connectivity index (χ4n) is 1.96. The Labute approximate surface area is 123 Å². The van der Waals surface area contributed by atoms with Crippen molar-refractivity contribution in [1.82, 2.24) is 4.98 Å². The molecular weight excluding hydrogens is 306 g/mol. The van der Waals surface area contributed by atoms with Crippen LogP contribution in [0.4, 0.5) is 5.69 Å². The predicted molar refractivity (Wildman–Crippen MR) is 82.0 cm³/mol. The van der Waals surface area contributed by atoms with Gasteiger partial charge in [0.1, 0.15) is 4.60 Å². The molecule has 0 aliphatic carbocycles. The Balaban J connectivity index is 2.56. The van der Waals surface area contributed by atoms with Crippen LogP contribution in [0, 0.1) is 12.3 Å². The summed E-state index contributed by atoms with van der Waals surface area (Å²) < 4.78 is 0.757. The zero-order valence-corrected chi connectivity index (χ0v) is 13.5. The molecule has 1 aromatic rings. The Hall–Kier alpha value is -0.940. The van der Waals surface area contributed by atoms with Crippen LogP contribution >= 0.6 is 15.9 Å². The quantitative estimate of drug-likeness (QED) is 0.834. The number of rotatable bonds is 4. The average Bonchev–Trinajstić information content (AvgIpc) is 2.19. The minimum absolute atomic E-state index is 0.0658. The van der Waals surface area contributed by atoms with Crippen LogP contribution in [0.5, 0.6) is 0 Å². The third-order valence-electron chi connectivity index (χ3n) is 2.65. The molecule has 0 radical (unpaired) electrons. The number of carbonyl (C=O) groups excluding carboxylic acids is 1. The second-order valence-electron chi connectivity index (χ2n) is 6.04. The van der Waals surface area contributed by atoms with E-state index in [1.807, 2.05) is 13.0 Å². The SMILES string of the molecule is Cc1nc(Br)ccc1NC(=O)CC(N)CC(C)(C)C. The van der Waals surface area contributed by atoms with Crippen molar-refractivity contribution in [3.05, 3.63) is 22.4 Å². The topological polar surface area (TPSA) is 68.0 Å². The number of halogens is 1. The van der Waals surface area contributed by atoms with Crippen molar-refractivity contribution in [2.24, 2.45) is 11.1 Å². The lowest BCUT2D eigenvalue weighted by Crippen LogP contribution is -2.31. The maximum absolute atomic E-state index is 11.9. The van der Waals surface area contributed by atoms with Gasteiger partial charge in [-0.2, -0.15) is 0 Å². The van der Waals surface area contributed by atoms with Gasteiger partial charge in [-0.05, 0) is 46.8 Å². The highest BCUT2D eigenvalue weighted by molar-refractivity contribution is 9.10. The van der Waals surface area contributed by atoms with Gasteiger partial charge in [-0.1, -0.05) is 20.8 Å². The number of pyridine rings is 1. The standard InChI is InChI=1S/C14H22BrN3O/c1-9-11(5-6-12(15)17-9)18-13(19)7-10(16)8-14(2,3)4/h5-6,10H,7-8,16H2,1-4H3,(H,18,19). The van der Waals surface area contributed by atoms with Crippen LogP contribution in [-0.2, 0) is 4.79 Å². The van der Waals surface area contributed by atoms with Crippen LogP contribution < -0.4 is 11.1 Å². The van der Waals surface area contributed by atoms with Gasteiger partial charge in [0.05, 0.1) is 11.4 Å². The van der Waals surface area contributed by atoms with E-state index in [1.54, 1.807) is 6.07 Å². The van der Waals surface area contributed by atoms with Crippen molar-refractivity contribution in [2.45, 2.75) is 46.6 Å². The third-order valence-corrected chi connectivity index (χ3v) is 3.09. The molecule has 0 aromatic carbocycles. The lowest BCUT2D eigenvalue weighted by Gasteiger charge is -2.22. The first-order valence-corrected chi connectivity index (χ1v) is 7.15. The van der Waals surface area contributed by atoms with E-state index in [0.29, 0.717) is 6.42 Å². The van der Waals surface area contributed by atoms with Gasteiger partial charge in [0, 0.05) is 12.5 Å². The van der Waals surface area contributed by atoms with E-state index in [0.717, 1.165) is 22.4 Å². The molecule has 0 bridgehead atoms. The molecule has 5 heteroatoms. The van der Waals surface area contributed by atoms with Crippen molar-refractivity contribution in [1.29, 1.82) is 0 Å². The molecule has 106 valence electrons. The van der Waals surface area contributed by atoms with Gasteiger partial charge in [0.15, 0.2) is 0 Å². The molecule has 3 N–H and O–H groups in total. The number of nitrogens with two attached hydrogens (primary N) is 1. The van der Waals surface area contributed by atoms with Crippen LogP contribution in [0.15, 0.2) is 16.7 Å². The molecule has 0 saturated heterocycles. The lowest BCUT2D eigenvalue weighted by atomic mass is 9.87. The van der Waals surface area contributed by atoms with Crippen molar-refractivity contribution in [2.75, 3.05) is 5.32 Å². The first kappa shape index (κ1) is 16.1. The maximum atomic E-state index is 11.9. The number of amides is 1. The van der Waals surface area contributed by atoms with E-state index in [2.05, 4.69) is 47.0 Å². The summed E-state index contributed by atoms with van der Waals surface area (Å²) in [6.45, 7) is 8.21. The molecule has 1 amide bonds. The fourth-order valence-corrected chi connectivity index (χ4v) is 2.36. The highest BCUT2D eigenvalue weighted by Crippen LogP contribution is 2.22. The summed E-state index contributed by atoms with van der Waals surface area (Å²) in [5.74, 6) is -0.0658. The average molecular weight is 328 g/mol. The molecule has 1 unspecified atom stereocenters. The zero-order valence-electron chi connectivity index (χ0n) is 12.0. The van der Waals surface area contributed by atoms with E-state index in [9.17, 15) is 4.79 Å². The molecule has 4 nitrogen and oxygen atoms in total. The van der Waals surface area contributed by atoms with Gasteiger partial charge in [-0.25, -0.2) is 4.98 Å². The Kier molecular flexibility index (Phi) is 5.50. The van der Waals surface area contributed by atoms with Crippen LogP contribution in [0.2, 0.25) is 0 Å². The molecule has 0 aliphatic heterocycles. The van der Waals surface area contributed by atoms with Crippen molar-refractivity contribution in [3.8, 4) is 0 Å². The molecule has 1 aromatic heterocycles. The number of aromatic nitrogens is 1. The Morgan fingerprint density at radius 3 is 2.63 bits per heavy atom. The van der Waals surface area contributed by atoms with Gasteiger partial charge >= 0.3 is 0 Å². The fraction of sp³-hybridized carbons (Fsp3) is 0.571. The number of hydrogen-bond acceptors (Lipinski definition) is 3. The summed E-state index contributed by atoms with van der Waals surface area (Å²) in [7, 11) is 0. The first-order chi connectivity index (χ1) is 8.67. The summed E-state index contributed by atoms with van der Waals surface area (Å²) in [5.41, 5.74) is 7.64. The van der Waals surface area contributed by atoms with Crippen molar-refractivity contribution in [3.63, 3.8) is 0 Å². The first-order valence-electron chi connectivity index (χ1n) is 6.36. The van der Waals surface area contributed by atoms with Gasteiger partial charge in [-0.15, -0.1) is 0 Å². The van der Waals surface area contributed by atoms with Crippen LogP contribution in [0.25, 0.3) is 0 Å². The minimum atomic E-state index is -0.122. The highest BCUT2D eigenvalue weighted by atomic mass is 79.9. The summed E-state index contributed by atoms with van der Waals surface area (Å²) in [6, 6.07) is 3.51. The molecule has 19 heavy (non-hydrogen) atoms. The highest BCUT2D eigenvalue weighted by Gasteiger charge is 2.18. The minimum Gasteiger partial charge on any atom is -0.327 e. The number of hydrogen-bond donors (Lipinski definition) is 2. The van der Waals surface area contributed by atoms with Crippen LogP contribution in [0.3, 0.4) is 0 Å². The zero-order chi connectivity index (χ0) is 14.6. The lowest BCUT2D eigenvalue weighted by molar-refractivity contribution is -0.116. The van der Waals surface area contributed by atoms with Crippen LogP contribution in [-0.4, -0.2) is 16.9 Å². The van der Waals surface area contributed by atoms with Gasteiger partial charge in [-0.3, -0.25) is 4.79 Å². The maximum Gasteiger partial charge on any atom is 0.225 e. The number of anilines is 1. The summed E-state index contributed by atoms with van der Waals surface area (Å²) >= 11 is 3.29. The molecule has 0 spiro atoms. The van der Waals surface area contributed by atoms with E-state index >= 15 is 0 Å². The largest absolute Gasteiger partial charge is 0.327 e. The van der Waals surface area contributed by atoms with Crippen molar-refractivity contribution >= 4 is 27.5 Å². The monoisotopic (exact) mass is 327 g/mol. The van der Waals surface area contributed by atoms with Gasteiger partial charge in [0.25, 0.3) is 0 Å². The summed E-state index contributed by atoms with van der Waals surface area (Å²) in [5, 5.41) is 2.85. The number of aryl methyl sites for hydroxylation is 1. The Bertz CT molecular complexity index is 454. The Morgan fingerprint density at radius 2 is 2.11 bits per heavy atom. The molecule has 0 fully saturated rings. The van der Waals surface area contributed by atoms with E-state index < -0.39 is 0 Å². The molecule has 1 heterocycles. The van der Waals surface area contributed by atoms with Gasteiger partial charge < -0.3 is 11.1 Å². The Morgan fingerprint density at radius 1 is 1.47 bits per heavy atom. The third kappa shape index (κ3) is 6.16. The van der Waals surface area contributed by atoms with E-state index in [-0.39, 0.29) is 17.4 Å². The molecule has 0 aliphatic rings. The van der Waals surface area contributed by atoms with E-state index in [4.69, 9.17) is 5.73 Å². The second kappa shape index (κ2) is 6.48. The smallest absolute Gasteiger partial charge is 0.225 e. The number of nitrogens with one attached hydrogen (secondary N) is 1. The van der Waals surface area contributed by atoms with Crippen molar-refractivity contribution < 1.29 is 4.79 Å². The van der Waals surface area contributed by atoms with Gasteiger partial charge in [0.2, 0.25) is 5.91 Å². The van der Waals surface area contributed by atoms with E-state index in [1.165, 1.54) is 0 Å². The molecule has 1 atom stereocenters. The molecular formula is C14H22BrN3O. The molecule has 0 saturated carbocycles. The molecule has 1 rings (SSSR count). The second-order valence-corrected chi connectivity index (χ2v) is 6.86. The predicted octanol–water partition coefficient (Wildman–Crippen LogP) is 3.24. The summed E-state index contributed by atoms with van der Waals surface area (Å²) in [4.78, 5) is 16.2. The number of nitrogens with zero attached hydrogens (tertiary/aromatic N) is 1. The normalized spacial score (nSPS) is 13.2. The van der Waals surface area contributed by atoms with Crippen LogP contribution in [0.1, 0.15) is 39.3 Å².